The van der Waals surface area contributed by atoms with Crippen LogP contribution in [-0.2, 0) is 0 Å². The van der Waals surface area contributed by atoms with Crippen LogP contribution in [0.2, 0.25) is 0 Å². The quantitative estimate of drug-likeness (QED) is 0.568. The molecule has 1 aromatic heterocycles. The lowest BCUT2D eigenvalue weighted by atomic mass is 10.2. The van der Waals surface area contributed by atoms with Crippen LogP contribution in [0, 0.1) is 0 Å². The molecule has 3 aromatic rings. The number of benzene rings is 2. The van der Waals surface area contributed by atoms with Gasteiger partial charge in [0.05, 0.1) is 18.5 Å². The van der Waals surface area contributed by atoms with Gasteiger partial charge in [0.2, 0.25) is 0 Å². The van der Waals surface area contributed by atoms with Gasteiger partial charge in [-0.15, -0.1) is 11.3 Å². The third-order valence-electron chi connectivity index (χ3n) is 3.84. The molecule has 0 aliphatic heterocycles. The zero-order chi connectivity index (χ0) is 19.8. The van der Waals surface area contributed by atoms with Crippen LogP contribution in [0.5, 0.6) is 11.5 Å². The second-order valence-corrected chi connectivity index (χ2v) is 6.74. The highest BCUT2D eigenvalue weighted by Gasteiger charge is 2.09. The van der Waals surface area contributed by atoms with Gasteiger partial charge in [-0.2, -0.15) is 0 Å². The van der Waals surface area contributed by atoms with Crippen LogP contribution in [0.3, 0.4) is 0 Å². The number of thiophene rings is 1. The highest BCUT2D eigenvalue weighted by atomic mass is 32.1. The fourth-order valence-electron chi connectivity index (χ4n) is 2.45. The SMILES string of the molecule is COc1ccc(OCCNC(=O)c2cccc(NC(=O)c3cccs3)c2)cc1. The fraction of sp³-hybridized carbons (Fsp3) is 0.143. The summed E-state index contributed by atoms with van der Waals surface area (Å²) in [5, 5.41) is 7.43. The Morgan fingerprint density at radius 1 is 0.964 bits per heavy atom. The number of hydrogen-bond donors (Lipinski definition) is 2. The average Bonchev–Trinajstić information content (AvgIpc) is 3.27. The van der Waals surface area contributed by atoms with Crippen molar-refractivity contribution in [3.05, 3.63) is 76.5 Å². The minimum Gasteiger partial charge on any atom is -0.497 e. The third-order valence-corrected chi connectivity index (χ3v) is 4.71. The van der Waals surface area contributed by atoms with E-state index in [-0.39, 0.29) is 11.8 Å². The molecule has 0 unspecified atom stereocenters. The van der Waals surface area contributed by atoms with Crippen molar-refractivity contribution in [2.24, 2.45) is 0 Å². The zero-order valence-electron chi connectivity index (χ0n) is 15.3. The van der Waals surface area contributed by atoms with Gasteiger partial charge < -0.3 is 20.1 Å². The summed E-state index contributed by atoms with van der Waals surface area (Å²) in [6.45, 7) is 0.698. The molecule has 144 valence electrons. The van der Waals surface area contributed by atoms with E-state index in [2.05, 4.69) is 10.6 Å². The van der Waals surface area contributed by atoms with Crippen LogP contribution in [-0.4, -0.2) is 32.1 Å². The largest absolute Gasteiger partial charge is 0.497 e. The van der Waals surface area contributed by atoms with Crippen molar-refractivity contribution in [3.8, 4) is 11.5 Å². The molecular formula is C21H20N2O4S. The summed E-state index contributed by atoms with van der Waals surface area (Å²) >= 11 is 1.36. The van der Waals surface area contributed by atoms with E-state index in [0.717, 1.165) is 5.75 Å². The van der Waals surface area contributed by atoms with Crippen molar-refractivity contribution in [2.45, 2.75) is 0 Å². The number of anilines is 1. The number of carbonyl (C=O) groups excluding carboxylic acids is 2. The molecule has 1 heterocycles. The summed E-state index contributed by atoms with van der Waals surface area (Å²) in [5.74, 6) is 1.03. The molecule has 0 bridgehead atoms. The standard InChI is InChI=1S/C21H20N2O4S/c1-26-17-7-9-18(10-8-17)27-12-11-22-20(24)15-4-2-5-16(14-15)23-21(25)19-6-3-13-28-19/h2-10,13-14H,11-12H2,1H3,(H,22,24)(H,23,25). The molecular weight excluding hydrogens is 376 g/mol. The summed E-state index contributed by atoms with van der Waals surface area (Å²) in [4.78, 5) is 25.0. The number of ether oxygens (including phenoxy) is 2. The summed E-state index contributed by atoms with van der Waals surface area (Å²) in [7, 11) is 1.61. The highest BCUT2D eigenvalue weighted by Crippen LogP contribution is 2.17. The monoisotopic (exact) mass is 396 g/mol. The summed E-state index contributed by atoms with van der Waals surface area (Å²) < 4.78 is 10.7. The Balaban J connectivity index is 1.48. The molecule has 0 saturated heterocycles. The molecule has 6 nitrogen and oxygen atoms in total. The lowest BCUT2D eigenvalue weighted by Gasteiger charge is -2.09. The van der Waals surface area contributed by atoms with Gasteiger partial charge in [0, 0.05) is 11.3 Å². The van der Waals surface area contributed by atoms with Crippen LogP contribution >= 0.6 is 11.3 Å². The molecule has 0 aliphatic rings. The topological polar surface area (TPSA) is 76.7 Å². The normalized spacial score (nSPS) is 10.2. The molecule has 0 radical (unpaired) electrons. The van der Waals surface area contributed by atoms with Gasteiger partial charge >= 0.3 is 0 Å². The van der Waals surface area contributed by atoms with Gasteiger partial charge in [0.15, 0.2) is 0 Å². The van der Waals surface area contributed by atoms with Gasteiger partial charge in [-0.1, -0.05) is 12.1 Å². The molecule has 0 aliphatic carbocycles. The fourth-order valence-corrected chi connectivity index (χ4v) is 3.07. The second-order valence-electron chi connectivity index (χ2n) is 5.79. The lowest BCUT2D eigenvalue weighted by Crippen LogP contribution is -2.28. The Hall–Kier alpha value is -3.32. The molecule has 7 heteroatoms. The van der Waals surface area contributed by atoms with Gasteiger partial charge in [-0.3, -0.25) is 9.59 Å². The van der Waals surface area contributed by atoms with Crippen molar-refractivity contribution < 1.29 is 19.1 Å². The predicted octanol–water partition coefficient (Wildman–Crippen LogP) is 3.82. The van der Waals surface area contributed by atoms with Crippen LogP contribution in [0.25, 0.3) is 0 Å². The van der Waals surface area contributed by atoms with Crippen molar-refractivity contribution in [3.63, 3.8) is 0 Å². The Labute approximate surface area is 167 Å². The average molecular weight is 396 g/mol. The van der Waals surface area contributed by atoms with Crippen molar-refractivity contribution in [2.75, 3.05) is 25.6 Å². The molecule has 2 aromatic carbocycles. The van der Waals surface area contributed by atoms with Crippen molar-refractivity contribution >= 4 is 28.8 Å². The molecule has 3 rings (SSSR count). The molecule has 0 fully saturated rings. The van der Waals surface area contributed by atoms with Gasteiger partial charge in [0.25, 0.3) is 11.8 Å². The van der Waals surface area contributed by atoms with Crippen molar-refractivity contribution in [1.82, 2.24) is 5.32 Å². The molecule has 28 heavy (non-hydrogen) atoms. The van der Waals surface area contributed by atoms with Crippen LogP contribution in [0.15, 0.2) is 66.0 Å². The Morgan fingerprint density at radius 2 is 1.75 bits per heavy atom. The summed E-state index contributed by atoms with van der Waals surface area (Å²) in [6, 6.07) is 17.6. The van der Waals surface area contributed by atoms with E-state index in [1.165, 1.54) is 11.3 Å². The predicted molar refractivity (Wildman–Crippen MR) is 110 cm³/mol. The van der Waals surface area contributed by atoms with Crippen molar-refractivity contribution in [1.29, 1.82) is 0 Å². The van der Waals surface area contributed by atoms with Gasteiger partial charge in [-0.05, 0) is 53.9 Å². The number of hydrogen-bond acceptors (Lipinski definition) is 5. The Kier molecular flexibility index (Phi) is 6.64. The minimum atomic E-state index is -0.231. The zero-order valence-corrected chi connectivity index (χ0v) is 16.1. The maximum atomic E-state index is 12.3. The van der Waals surface area contributed by atoms with Crippen LogP contribution in [0.4, 0.5) is 5.69 Å². The first-order valence-electron chi connectivity index (χ1n) is 8.65. The molecule has 0 spiro atoms. The number of carbonyl (C=O) groups is 2. The minimum absolute atomic E-state index is 0.194. The van der Waals surface area contributed by atoms with E-state index in [1.807, 2.05) is 23.6 Å². The summed E-state index contributed by atoms with van der Waals surface area (Å²) in [6.07, 6.45) is 0. The number of methoxy groups -OCH3 is 1. The van der Waals surface area contributed by atoms with Gasteiger partial charge in [0.1, 0.15) is 18.1 Å². The second kappa shape index (κ2) is 9.57. The van der Waals surface area contributed by atoms with E-state index in [1.54, 1.807) is 49.6 Å². The smallest absolute Gasteiger partial charge is 0.265 e. The Bertz CT molecular complexity index is 924. The lowest BCUT2D eigenvalue weighted by molar-refractivity contribution is 0.0945. The molecule has 0 saturated carbocycles. The maximum absolute atomic E-state index is 12.3. The third kappa shape index (κ3) is 5.34. The first-order valence-corrected chi connectivity index (χ1v) is 9.53. The molecule has 2 amide bonds. The number of nitrogens with one attached hydrogen (secondary N) is 2. The van der Waals surface area contributed by atoms with E-state index in [9.17, 15) is 9.59 Å². The maximum Gasteiger partial charge on any atom is 0.265 e. The first kappa shape index (κ1) is 19.4. The van der Waals surface area contributed by atoms with Gasteiger partial charge in [-0.25, -0.2) is 0 Å². The number of amides is 2. The van der Waals surface area contributed by atoms with E-state index >= 15 is 0 Å². The molecule has 2 N–H and O–H groups in total. The van der Waals surface area contributed by atoms with Crippen LogP contribution < -0.4 is 20.1 Å². The van der Waals surface area contributed by atoms with E-state index < -0.39 is 0 Å². The Morgan fingerprint density at radius 3 is 2.46 bits per heavy atom. The summed E-state index contributed by atoms with van der Waals surface area (Å²) in [5.41, 5.74) is 1.04. The number of rotatable bonds is 8. The highest BCUT2D eigenvalue weighted by molar-refractivity contribution is 7.12. The van der Waals surface area contributed by atoms with E-state index in [4.69, 9.17) is 9.47 Å². The first-order chi connectivity index (χ1) is 13.7. The van der Waals surface area contributed by atoms with E-state index in [0.29, 0.717) is 35.0 Å². The molecule has 0 atom stereocenters. The van der Waals surface area contributed by atoms with Crippen LogP contribution in [0.1, 0.15) is 20.0 Å².